The number of likely N-dealkylation sites (N-methyl/N-ethyl adjacent to an activating group) is 1. The van der Waals surface area contributed by atoms with Gasteiger partial charge in [0.1, 0.15) is 5.82 Å². The standard InChI is InChI=1S/C19H30N4O/c1-14-15-8-5-6-9-16(15)22-18(21-14)11-12-20-19(24)17-10-4-3-7-13-23(17)2/h17H,3-13H2,1-2H3,(H,20,24)/t17-/m1/s1. The molecule has 0 aromatic carbocycles. The van der Waals surface area contributed by atoms with E-state index in [0.717, 1.165) is 50.2 Å². The molecule has 2 aliphatic rings. The summed E-state index contributed by atoms with van der Waals surface area (Å²) >= 11 is 0. The summed E-state index contributed by atoms with van der Waals surface area (Å²) in [6.45, 7) is 3.74. The van der Waals surface area contributed by atoms with Gasteiger partial charge in [-0.2, -0.15) is 0 Å². The fourth-order valence-electron chi connectivity index (χ4n) is 3.95. The number of aromatic nitrogens is 2. The Balaban J connectivity index is 1.54. The second kappa shape index (κ2) is 8.06. The Kier molecular flexibility index (Phi) is 5.82. The summed E-state index contributed by atoms with van der Waals surface area (Å²) in [6, 6.07) is 0.0266. The molecule has 1 fully saturated rings. The third-order valence-electron chi connectivity index (χ3n) is 5.41. The summed E-state index contributed by atoms with van der Waals surface area (Å²) in [5.41, 5.74) is 3.72. The van der Waals surface area contributed by atoms with E-state index in [0.29, 0.717) is 6.54 Å². The molecule has 0 saturated carbocycles. The van der Waals surface area contributed by atoms with Crippen molar-refractivity contribution < 1.29 is 4.79 Å². The molecule has 1 aromatic rings. The fourth-order valence-corrected chi connectivity index (χ4v) is 3.95. The fraction of sp³-hybridized carbons (Fsp3) is 0.737. The molecule has 1 aliphatic heterocycles. The molecule has 0 spiro atoms. The first-order valence-electron chi connectivity index (χ1n) is 9.48. The lowest BCUT2D eigenvalue weighted by molar-refractivity contribution is -0.126. The van der Waals surface area contributed by atoms with E-state index in [2.05, 4.69) is 29.2 Å². The van der Waals surface area contributed by atoms with E-state index in [1.807, 2.05) is 0 Å². The Hall–Kier alpha value is -1.49. The number of fused-ring (bicyclic) bond motifs is 1. The number of hydrogen-bond acceptors (Lipinski definition) is 4. The highest BCUT2D eigenvalue weighted by Gasteiger charge is 2.24. The van der Waals surface area contributed by atoms with Crippen molar-refractivity contribution in [1.82, 2.24) is 20.2 Å². The monoisotopic (exact) mass is 330 g/mol. The molecule has 1 amide bonds. The van der Waals surface area contributed by atoms with Crippen LogP contribution in [0.2, 0.25) is 0 Å². The zero-order chi connectivity index (χ0) is 16.9. The first-order valence-corrected chi connectivity index (χ1v) is 9.48. The normalized spacial score (nSPS) is 21.8. The minimum atomic E-state index is 0.0266. The molecule has 1 aromatic heterocycles. The van der Waals surface area contributed by atoms with Gasteiger partial charge in [-0.05, 0) is 64.6 Å². The largest absolute Gasteiger partial charge is 0.354 e. The highest BCUT2D eigenvalue weighted by atomic mass is 16.2. The van der Waals surface area contributed by atoms with Gasteiger partial charge in [0.15, 0.2) is 0 Å². The molecule has 2 heterocycles. The number of nitrogens with one attached hydrogen (secondary N) is 1. The van der Waals surface area contributed by atoms with Crippen LogP contribution < -0.4 is 5.32 Å². The van der Waals surface area contributed by atoms with E-state index >= 15 is 0 Å². The van der Waals surface area contributed by atoms with E-state index < -0.39 is 0 Å². The van der Waals surface area contributed by atoms with Gasteiger partial charge in [-0.3, -0.25) is 9.69 Å². The minimum Gasteiger partial charge on any atom is -0.354 e. The Morgan fingerprint density at radius 1 is 1.17 bits per heavy atom. The van der Waals surface area contributed by atoms with Gasteiger partial charge < -0.3 is 5.32 Å². The lowest BCUT2D eigenvalue weighted by Gasteiger charge is -2.24. The summed E-state index contributed by atoms with van der Waals surface area (Å²) in [7, 11) is 2.06. The number of aryl methyl sites for hydroxylation is 2. The van der Waals surface area contributed by atoms with Crippen LogP contribution >= 0.6 is 0 Å². The van der Waals surface area contributed by atoms with Gasteiger partial charge in [-0.15, -0.1) is 0 Å². The summed E-state index contributed by atoms with van der Waals surface area (Å²) in [6.07, 6.45) is 9.94. The molecule has 132 valence electrons. The third-order valence-corrected chi connectivity index (χ3v) is 5.41. The maximum Gasteiger partial charge on any atom is 0.237 e. The lowest BCUT2D eigenvalue weighted by Crippen LogP contribution is -2.45. The van der Waals surface area contributed by atoms with E-state index in [4.69, 9.17) is 4.98 Å². The topological polar surface area (TPSA) is 58.1 Å². The molecule has 24 heavy (non-hydrogen) atoms. The molecular formula is C19H30N4O. The van der Waals surface area contributed by atoms with Gasteiger partial charge in [0, 0.05) is 24.4 Å². The molecule has 1 atom stereocenters. The maximum absolute atomic E-state index is 12.5. The van der Waals surface area contributed by atoms with Crippen LogP contribution in [-0.4, -0.2) is 47.0 Å². The number of likely N-dealkylation sites (tertiary alicyclic amines) is 1. The SMILES string of the molecule is Cc1nc(CCNC(=O)[C@H]2CCCCCN2C)nc2c1CCCC2. The van der Waals surface area contributed by atoms with Crippen LogP contribution in [0.15, 0.2) is 0 Å². The number of carbonyl (C=O) groups excluding carboxylic acids is 1. The van der Waals surface area contributed by atoms with Crippen molar-refractivity contribution in [2.24, 2.45) is 0 Å². The van der Waals surface area contributed by atoms with E-state index in [1.165, 1.54) is 36.9 Å². The summed E-state index contributed by atoms with van der Waals surface area (Å²) in [5.74, 6) is 1.04. The van der Waals surface area contributed by atoms with Crippen molar-refractivity contribution >= 4 is 5.91 Å². The summed E-state index contributed by atoms with van der Waals surface area (Å²) < 4.78 is 0. The Bertz CT molecular complexity index is 587. The van der Waals surface area contributed by atoms with Gasteiger partial charge in [0.2, 0.25) is 5.91 Å². The smallest absolute Gasteiger partial charge is 0.237 e. The Labute approximate surface area is 145 Å². The zero-order valence-corrected chi connectivity index (χ0v) is 15.1. The molecule has 0 bridgehead atoms. The van der Waals surface area contributed by atoms with Crippen molar-refractivity contribution in [2.75, 3.05) is 20.1 Å². The zero-order valence-electron chi connectivity index (χ0n) is 15.1. The van der Waals surface area contributed by atoms with Crippen molar-refractivity contribution in [3.63, 3.8) is 0 Å². The van der Waals surface area contributed by atoms with Crippen LogP contribution in [0.5, 0.6) is 0 Å². The average Bonchev–Trinajstić information content (AvgIpc) is 2.79. The van der Waals surface area contributed by atoms with Gasteiger partial charge in [-0.1, -0.05) is 12.8 Å². The van der Waals surface area contributed by atoms with Crippen LogP contribution in [0, 0.1) is 6.92 Å². The van der Waals surface area contributed by atoms with Gasteiger partial charge in [0.25, 0.3) is 0 Å². The van der Waals surface area contributed by atoms with Crippen LogP contribution in [0.1, 0.15) is 61.3 Å². The lowest BCUT2D eigenvalue weighted by atomic mass is 9.95. The van der Waals surface area contributed by atoms with Crippen molar-refractivity contribution in [3.8, 4) is 0 Å². The maximum atomic E-state index is 12.5. The number of nitrogens with zero attached hydrogens (tertiary/aromatic N) is 3. The van der Waals surface area contributed by atoms with Crippen LogP contribution in [0.4, 0.5) is 0 Å². The number of carbonyl (C=O) groups is 1. The second-order valence-corrected chi connectivity index (χ2v) is 7.24. The predicted molar refractivity (Wildman–Crippen MR) is 95.0 cm³/mol. The number of hydrogen-bond donors (Lipinski definition) is 1. The molecule has 0 radical (unpaired) electrons. The van der Waals surface area contributed by atoms with Crippen molar-refractivity contribution in [3.05, 3.63) is 22.8 Å². The third kappa shape index (κ3) is 4.12. The highest BCUT2D eigenvalue weighted by molar-refractivity contribution is 5.81. The van der Waals surface area contributed by atoms with Crippen LogP contribution in [0.3, 0.4) is 0 Å². The molecule has 5 nitrogen and oxygen atoms in total. The molecular weight excluding hydrogens is 300 g/mol. The van der Waals surface area contributed by atoms with Crippen molar-refractivity contribution in [1.29, 1.82) is 0 Å². The molecule has 1 saturated heterocycles. The average molecular weight is 330 g/mol. The second-order valence-electron chi connectivity index (χ2n) is 7.24. The Morgan fingerprint density at radius 3 is 2.88 bits per heavy atom. The van der Waals surface area contributed by atoms with Gasteiger partial charge in [-0.25, -0.2) is 9.97 Å². The van der Waals surface area contributed by atoms with Gasteiger partial charge >= 0.3 is 0 Å². The first kappa shape index (κ1) is 17.3. The van der Waals surface area contributed by atoms with E-state index in [-0.39, 0.29) is 11.9 Å². The number of rotatable bonds is 4. The molecule has 3 rings (SSSR count). The highest BCUT2D eigenvalue weighted by Crippen LogP contribution is 2.21. The van der Waals surface area contributed by atoms with Gasteiger partial charge in [0.05, 0.1) is 6.04 Å². The predicted octanol–water partition coefficient (Wildman–Crippen LogP) is 2.20. The first-order chi connectivity index (χ1) is 11.6. The van der Waals surface area contributed by atoms with Crippen LogP contribution in [0.25, 0.3) is 0 Å². The quantitative estimate of drug-likeness (QED) is 0.919. The summed E-state index contributed by atoms with van der Waals surface area (Å²) in [5, 5.41) is 3.10. The summed E-state index contributed by atoms with van der Waals surface area (Å²) in [4.78, 5) is 24.0. The molecule has 1 N–H and O–H groups in total. The van der Waals surface area contributed by atoms with E-state index in [9.17, 15) is 4.79 Å². The molecule has 0 unspecified atom stereocenters. The minimum absolute atomic E-state index is 0.0266. The number of amides is 1. The van der Waals surface area contributed by atoms with Crippen LogP contribution in [-0.2, 0) is 24.1 Å². The molecule has 5 heteroatoms. The Morgan fingerprint density at radius 2 is 2.00 bits per heavy atom. The van der Waals surface area contributed by atoms with Crippen molar-refractivity contribution in [2.45, 2.75) is 70.8 Å². The molecule has 1 aliphatic carbocycles. The van der Waals surface area contributed by atoms with E-state index in [1.54, 1.807) is 0 Å².